The quantitative estimate of drug-likeness (QED) is 0.172. The summed E-state index contributed by atoms with van der Waals surface area (Å²) >= 11 is 0. The van der Waals surface area contributed by atoms with E-state index in [-0.39, 0.29) is 6.61 Å². The average Bonchev–Trinajstić information content (AvgIpc) is 3.13. The van der Waals surface area contributed by atoms with Crippen LogP contribution in [-0.4, -0.2) is 16.4 Å². The standard InChI is InChI=1S/C22H45O4P/c23-27(24,25)26-21-17-13-11-9-7-5-3-1-2-4-6-8-10-12-14-18-22-19-15-16-20-22/h22H,1-21H2,(H2,23,24,25). The van der Waals surface area contributed by atoms with Crippen LogP contribution in [0, 0.1) is 5.92 Å². The maximum absolute atomic E-state index is 10.5. The molecular weight excluding hydrogens is 359 g/mol. The molecule has 0 amide bonds. The molecule has 0 heterocycles. The Morgan fingerprint density at radius 3 is 1.41 bits per heavy atom. The van der Waals surface area contributed by atoms with Crippen LogP contribution < -0.4 is 0 Å². The molecule has 0 aromatic rings. The molecule has 0 atom stereocenters. The van der Waals surface area contributed by atoms with Gasteiger partial charge in [-0.3, -0.25) is 4.52 Å². The Kier molecular flexibility index (Phi) is 15.8. The maximum Gasteiger partial charge on any atom is 0.469 e. The molecule has 1 aliphatic carbocycles. The van der Waals surface area contributed by atoms with Gasteiger partial charge in [0.1, 0.15) is 0 Å². The van der Waals surface area contributed by atoms with Gasteiger partial charge in [-0.15, -0.1) is 0 Å². The van der Waals surface area contributed by atoms with Gasteiger partial charge in [0.25, 0.3) is 0 Å². The van der Waals surface area contributed by atoms with Crippen LogP contribution in [0.3, 0.4) is 0 Å². The summed E-state index contributed by atoms with van der Waals surface area (Å²) in [6, 6.07) is 0. The molecule has 1 aliphatic rings. The second kappa shape index (κ2) is 17.0. The summed E-state index contributed by atoms with van der Waals surface area (Å²) < 4.78 is 14.9. The molecule has 0 spiro atoms. The third-order valence-electron chi connectivity index (χ3n) is 5.99. The number of phosphoric acid groups is 1. The minimum Gasteiger partial charge on any atom is -0.303 e. The van der Waals surface area contributed by atoms with E-state index in [1.54, 1.807) is 0 Å². The SMILES string of the molecule is O=P(O)(O)OCCCCCCCCCCCCCCCCCC1CCCC1. The second-order valence-electron chi connectivity index (χ2n) is 8.57. The monoisotopic (exact) mass is 404 g/mol. The van der Waals surface area contributed by atoms with Gasteiger partial charge in [0.05, 0.1) is 6.61 Å². The van der Waals surface area contributed by atoms with Gasteiger partial charge in [0.15, 0.2) is 0 Å². The Morgan fingerprint density at radius 2 is 1.00 bits per heavy atom. The third-order valence-corrected chi connectivity index (χ3v) is 6.51. The lowest BCUT2D eigenvalue weighted by Gasteiger charge is -2.08. The Bertz CT molecular complexity index is 363. The van der Waals surface area contributed by atoms with Crippen molar-refractivity contribution in [2.24, 2.45) is 5.92 Å². The van der Waals surface area contributed by atoms with Crippen LogP contribution in [0.4, 0.5) is 0 Å². The van der Waals surface area contributed by atoms with Crippen molar-refractivity contribution in [2.45, 2.75) is 128 Å². The molecule has 1 fully saturated rings. The Labute approximate surface area is 168 Å². The molecule has 0 aromatic carbocycles. The summed E-state index contributed by atoms with van der Waals surface area (Å²) in [7, 11) is -4.26. The number of phosphoric ester groups is 1. The highest BCUT2D eigenvalue weighted by atomic mass is 31.2. The molecule has 0 unspecified atom stereocenters. The normalized spacial score (nSPS) is 15.6. The Morgan fingerprint density at radius 1 is 0.630 bits per heavy atom. The van der Waals surface area contributed by atoms with E-state index in [9.17, 15) is 4.57 Å². The number of hydrogen-bond donors (Lipinski definition) is 2. The third kappa shape index (κ3) is 17.9. The molecule has 0 bridgehead atoms. The molecule has 0 aromatic heterocycles. The summed E-state index contributed by atoms with van der Waals surface area (Å²) in [5.41, 5.74) is 0. The van der Waals surface area contributed by atoms with E-state index in [0.717, 1.165) is 25.2 Å². The summed E-state index contributed by atoms with van der Waals surface area (Å²) in [6.45, 7) is 0.171. The van der Waals surface area contributed by atoms with Crippen LogP contribution in [0.25, 0.3) is 0 Å². The zero-order valence-corrected chi connectivity index (χ0v) is 18.5. The first kappa shape index (κ1) is 25.1. The van der Waals surface area contributed by atoms with Crippen molar-refractivity contribution in [3.05, 3.63) is 0 Å². The van der Waals surface area contributed by atoms with Crippen molar-refractivity contribution >= 4 is 7.82 Å². The first-order chi connectivity index (χ1) is 13.1. The van der Waals surface area contributed by atoms with E-state index in [0.29, 0.717) is 0 Å². The van der Waals surface area contributed by atoms with Crippen LogP contribution in [0.5, 0.6) is 0 Å². The van der Waals surface area contributed by atoms with Crippen LogP contribution in [0.1, 0.15) is 128 Å². The highest BCUT2D eigenvalue weighted by Gasteiger charge is 2.13. The van der Waals surface area contributed by atoms with Gasteiger partial charge < -0.3 is 9.79 Å². The van der Waals surface area contributed by atoms with E-state index in [4.69, 9.17) is 9.79 Å². The first-order valence-corrected chi connectivity index (χ1v) is 13.3. The molecule has 1 rings (SSSR count). The summed E-state index contributed by atoms with van der Waals surface area (Å²) in [4.78, 5) is 17.1. The molecule has 4 nitrogen and oxygen atoms in total. The highest BCUT2D eigenvalue weighted by molar-refractivity contribution is 7.46. The predicted molar refractivity (Wildman–Crippen MR) is 114 cm³/mol. The molecule has 5 heteroatoms. The van der Waals surface area contributed by atoms with E-state index in [1.807, 2.05) is 0 Å². The molecular formula is C22H45O4P. The van der Waals surface area contributed by atoms with E-state index in [1.165, 1.54) is 109 Å². The Hall–Kier alpha value is 0.110. The highest BCUT2D eigenvalue weighted by Crippen LogP contribution is 2.35. The number of hydrogen-bond acceptors (Lipinski definition) is 2. The minimum atomic E-state index is -4.26. The lowest BCUT2D eigenvalue weighted by molar-refractivity contribution is 0.193. The summed E-state index contributed by atoms with van der Waals surface area (Å²) in [6.07, 6.45) is 27.1. The number of rotatable bonds is 19. The fourth-order valence-electron chi connectivity index (χ4n) is 4.32. The predicted octanol–water partition coefficient (Wildman–Crippen LogP) is 7.53. The van der Waals surface area contributed by atoms with Crippen molar-refractivity contribution in [3.8, 4) is 0 Å². The van der Waals surface area contributed by atoms with Gasteiger partial charge in [-0.25, -0.2) is 4.57 Å². The van der Waals surface area contributed by atoms with Crippen LogP contribution in [-0.2, 0) is 9.09 Å². The fraction of sp³-hybridized carbons (Fsp3) is 1.00. The lowest BCUT2D eigenvalue weighted by atomic mass is 9.99. The first-order valence-electron chi connectivity index (χ1n) is 11.8. The molecule has 0 aliphatic heterocycles. The molecule has 1 saturated carbocycles. The fourth-order valence-corrected chi connectivity index (χ4v) is 4.68. The van der Waals surface area contributed by atoms with E-state index < -0.39 is 7.82 Å². The lowest BCUT2D eigenvalue weighted by Crippen LogP contribution is -1.92. The van der Waals surface area contributed by atoms with E-state index >= 15 is 0 Å². The van der Waals surface area contributed by atoms with Crippen molar-refractivity contribution in [1.29, 1.82) is 0 Å². The second-order valence-corrected chi connectivity index (χ2v) is 9.81. The Balaban J connectivity index is 1.65. The van der Waals surface area contributed by atoms with Crippen molar-refractivity contribution in [2.75, 3.05) is 6.61 Å². The minimum absolute atomic E-state index is 0.171. The smallest absolute Gasteiger partial charge is 0.303 e. The van der Waals surface area contributed by atoms with Crippen molar-refractivity contribution in [1.82, 2.24) is 0 Å². The van der Waals surface area contributed by atoms with Gasteiger partial charge in [-0.2, -0.15) is 0 Å². The average molecular weight is 405 g/mol. The van der Waals surface area contributed by atoms with Crippen LogP contribution in [0.2, 0.25) is 0 Å². The molecule has 162 valence electrons. The molecule has 27 heavy (non-hydrogen) atoms. The van der Waals surface area contributed by atoms with Crippen molar-refractivity contribution in [3.63, 3.8) is 0 Å². The van der Waals surface area contributed by atoms with Gasteiger partial charge >= 0.3 is 7.82 Å². The van der Waals surface area contributed by atoms with Gasteiger partial charge in [0.2, 0.25) is 0 Å². The van der Waals surface area contributed by atoms with Crippen LogP contribution >= 0.6 is 7.82 Å². The van der Waals surface area contributed by atoms with Gasteiger partial charge in [-0.1, -0.05) is 122 Å². The summed E-state index contributed by atoms with van der Waals surface area (Å²) in [5, 5.41) is 0. The summed E-state index contributed by atoms with van der Waals surface area (Å²) in [5.74, 6) is 1.08. The maximum atomic E-state index is 10.5. The molecule has 0 saturated heterocycles. The van der Waals surface area contributed by atoms with Gasteiger partial charge in [-0.05, 0) is 12.3 Å². The topological polar surface area (TPSA) is 66.8 Å². The van der Waals surface area contributed by atoms with Crippen LogP contribution in [0.15, 0.2) is 0 Å². The molecule has 2 N–H and O–H groups in total. The number of unbranched alkanes of at least 4 members (excludes halogenated alkanes) is 14. The largest absolute Gasteiger partial charge is 0.469 e. The zero-order valence-electron chi connectivity index (χ0n) is 17.6. The van der Waals surface area contributed by atoms with E-state index in [2.05, 4.69) is 4.52 Å². The zero-order chi connectivity index (χ0) is 19.6. The molecule has 0 radical (unpaired) electrons. The van der Waals surface area contributed by atoms with Crippen molar-refractivity contribution < 1.29 is 18.9 Å². The van der Waals surface area contributed by atoms with Gasteiger partial charge in [0, 0.05) is 0 Å².